The Balaban J connectivity index is 0.00000364. The monoisotopic (exact) mass is 464 g/mol. The molecule has 0 spiro atoms. The quantitative estimate of drug-likeness (QED) is 0.278. The number of hydrogen-bond donors (Lipinski definition) is 2. The van der Waals surface area contributed by atoms with E-state index in [2.05, 4.69) is 0 Å². The van der Waals surface area contributed by atoms with Gasteiger partial charge >= 0.3 is 37.2 Å². The van der Waals surface area contributed by atoms with E-state index in [9.17, 15) is 28.0 Å². The molecule has 0 fully saturated rings. The molecule has 2 aromatic carbocycles. The van der Waals surface area contributed by atoms with Crippen molar-refractivity contribution < 1.29 is 27.3 Å². The van der Waals surface area contributed by atoms with E-state index in [1.54, 1.807) is 0 Å². The second-order valence-corrected chi connectivity index (χ2v) is 9.22. The molecule has 0 saturated carbocycles. The van der Waals surface area contributed by atoms with Crippen LogP contribution in [-0.4, -0.2) is 54.1 Å². The number of hydrogen-bond acceptors (Lipinski definition) is 6. The summed E-state index contributed by atoms with van der Waals surface area (Å²) in [5.41, 5.74) is -0.231. The normalized spacial score (nSPS) is 13.3. The van der Waals surface area contributed by atoms with Crippen LogP contribution < -0.4 is 9.25 Å². The molecule has 0 aliphatic rings. The Hall–Kier alpha value is -0.680. The number of halogens is 2. The van der Waals surface area contributed by atoms with Gasteiger partial charge in [-0.25, -0.2) is 13.0 Å². The molecule has 142 valence electrons. The van der Waals surface area contributed by atoms with Crippen LogP contribution in [0, 0.1) is 10.1 Å². The molecule has 0 bridgehead atoms. The van der Waals surface area contributed by atoms with Crippen LogP contribution in [0.2, 0.25) is 10.0 Å². The van der Waals surface area contributed by atoms with Crippen molar-refractivity contribution in [3.8, 4) is 5.75 Å². The number of nitro groups is 1. The van der Waals surface area contributed by atoms with Crippen LogP contribution in [0.25, 0.3) is 0 Å². The summed E-state index contributed by atoms with van der Waals surface area (Å²) in [5.74, 6) is -0.129. The first-order valence-corrected chi connectivity index (χ1v) is 10.7. The number of nitrogens with zero attached hydrogens (tertiary/aromatic N) is 1. The molecule has 27 heavy (non-hydrogen) atoms. The van der Waals surface area contributed by atoms with Gasteiger partial charge in [0.05, 0.1) is 19.9 Å². The van der Waals surface area contributed by atoms with Gasteiger partial charge in [0.15, 0.2) is 0 Å². The van der Waals surface area contributed by atoms with Crippen molar-refractivity contribution in [1.29, 1.82) is 0 Å². The van der Waals surface area contributed by atoms with Gasteiger partial charge in [-0.05, 0) is 30.3 Å². The van der Waals surface area contributed by atoms with E-state index >= 15 is 0 Å². The molecule has 0 aliphatic heterocycles. The minimum atomic E-state index is -4.41. The van der Waals surface area contributed by atoms with Crippen molar-refractivity contribution in [3.05, 3.63) is 62.6 Å². The number of nitrogens with one attached hydrogen (secondary N) is 1. The first-order valence-electron chi connectivity index (χ1n) is 6.71. The van der Waals surface area contributed by atoms with Crippen LogP contribution >= 0.6 is 30.8 Å². The molecular formula is C13H12Cl2N2NaO7PS. The zero-order valence-electron chi connectivity index (χ0n) is 12.7. The Labute approximate surface area is 186 Å². The molecule has 0 aromatic heterocycles. The maximum atomic E-state index is 12.1. The summed E-state index contributed by atoms with van der Waals surface area (Å²) in [4.78, 5) is 19.4. The van der Waals surface area contributed by atoms with Gasteiger partial charge < -0.3 is 9.42 Å². The zero-order chi connectivity index (χ0) is 19.5. The molecule has 9 nitrogen and oxygen atoms in total. The number of nitro benzene ring substituents is 1. The fraction of sp³-hybridized carbons (Fsp3) is 0.0769. The maximum absolute atomic E-state index is 12.1. The van der Waals surface area contributed by atoms with Gasteiger partial charge in [0, 0.05) is 12.1 Å². The Morgan fingerprint density at radius 1 is 1.15 bits per heavy atom. The topological polar surface area (TPSA) is 136 Å². The summed E-state index contributed by atoms with van der Waals surface area (Å²) < 4.78 is 43.1. The molecule has 2 rings (SSSR count). The van der Waals surface area contributed by atoms with Gasteiger partial charge in [-0.15, -0.1) is 0 Å². The van der Waals surface area contributed by atoms with E-state index in [1.165, 1.54) is 12.1 Å². The zero-order valence-corrected chi connectivity index (χ0v) is 15.9. The third kappa shape index (κ3) is 7.01. The first-order chi connectivity index (χ1) is 12.0. The molecule has 0 heterocycles. The standard InChI is InChI=1S/C13H11Cl2N2O7PS.Na.H/c14-12-6-5-11(7-13(12)15)26(22,23)16-8-25(20,21)24-10-3-1-9(2-4-10)17(18)19;;/h1-7,16H,8H2,(H,20,21);;. The number of sulfonamides is 1. The van der Waals surface area contributed by atoms with E-state index in [1.807, 2.05) is 4.72 Å². The fourth-order valence-electron chi connectivity index (χ4n) is 1.72. The average molecular weight is 465 g/mol. The van der Waals surface area contributed by atoms with Gasteiger partial charge in [-0.1, -0.05) is 23.2 Å². The Bertz CT molecular complexity index is 989. The molecule has 2 N–H and O–H groups in total. The third-order valence-electron chi connectivity index (χ3n) is 2.95. The first kappa shape index (κ1) is 24.4. The predicted octanol–water partition coefficient (Wildman–Crippen LogP) is 2.75. The van der Waals surface area contributed by atoms with E-state index in [0.717, 1.165) is 30.3 Å². The van der Waals surface area contributed by atoms with E-state index in [0.29, 0.717) is 0 Å². The summed E-state index contributed by atoms with van der Waals surface area (Å²) in [6.45, 7) is 0. The van der Waals surface area contributed by atoms with Crippen LogP contribution in [-0.2, 0) is 14.6 Å². The molecule has 2 aromatic rings. The van der Waals surface area contributed by atoms with Gasteiger partial charge in [-0.2, -0.15) is 4.72 Å². The van der Waals surface area contributed by atoms with Gasteiger partial charge in [0.25, 0.3) is 5.69 Å². The van der Waals surface area contributed by atoms with Crippen molar-refractivity contribution in [2.45, 2.75) is 4.90 Å². The number of benzene rings is 2. The van der Waals surface area contributed by atoms with Crippen molar-refractivity contribution in [2.75, 3.05) is 6.29 Å². The SMILES string of the molecule is O=[N+]([O-])c1ccc(OP(=O)(O)CNS(=O)(=O)c2ccc(Cl)c(Cl)c2)cc1.[NaH]. The minimum absolute atomic E-state index is 0. The number of non-ortho nitro benzene ring substituents is 1. The van der Waals surface area contributed by atoms with E-state index in [-0.39, 0.29) is 55.9 Å². The second kappa shape index (κ2) is 9.69. The van der Waals surface area contributed by atoms with Crippen molar-refractivity contribution >= 4 is 76.1 Å². The fourth-order valence-corrected chi connectivity index (χ4v) is 4.62. The van der Waals surface area contributed by atoms with Crippen LogP contribution in [0.5, 0.6) is 5.75 Å². The van der Waals surface area contributed by atoms with Crippen LogP contribution in [0.15, 0.2) is 47.4 Å². The van der Waals surface area contributed by atoms with E-state index in [4.69, 9.17) is 27.7 Å². The van der Waals surface area contributed by atoms with Crippen LogP contribution in [0.3, 0.4) is 0 Å². The van der Waals surface area contributed by atoms with Gasteiger partial charge in [0.2, 0.25) is 10.0 Å². The van der Waals surface area contributed by atoms with E-state index < -0.39 is 28.8 Å². The summed E-state index contributed by atoms with van der Waals surface area (Å²) in [7, 11) is -8.55. The van der Waals surface area contributed by atoms with Gasteiger partial charge in [0.1, 0.15) is 12.0 Å². The summed E-state index contributed by atoms with van der Waals surface area (Å²) in [6.07, 6.45) is -0.924. The van der Waals surface area contributed by atoms with Crippen molar-refractivity contribution in [2.24, 2.45) is 0 Å². The Morgan fingerprint density at radius 3 is 2.26 bits per heavy atom. The average Bonchev–Trinajstić information content (AvgIpc) is 2.56. The molecule has 14 heteroatoms. The van der Waals surface area contributed by atoms with Crippen molar-refractivity contribution in [3.63, 3.8) is 0 Å². The molecule has 0 radical (unpaired) electrons. The third-order valence-corrected chi connectivity index (χ3v) is 6.36. The summed E-state index contributed by atoms with van der Waals surface area (Å²) >= 11 is 11.5. The Morgan fingerprint density at radius 2 is 1.74 bits per heavy atom. The molecular weight excluding hydrogens is 453 g/mol. The van der Waals surface area contributed by atoms with Gasteiger partial charge in [-0.3, -0.25) is 10.1 Å². The molecule has 0 saturated heterocycles. The van der Waals surface area contributed by atoms with Crippen molar-refractivity contribution in [1.82, 2.24) is 4.72 Å². The summed E-state index contributed by atoms with van der Waals surface area (Å²) in [6, 6.07) is 7.93. The number of rotatable bonds is 7. The van der Waals surface area contributed by atoms with Crippen LogP contribution in [0.1, 0.15) is 0 Å². The molecule has 1 unspecified atom stereocenters. The molecule has 0 aliphatic carbocycles. The summed E-state index contributed by atoms with van der Waals surface area (Å²) in [5, 5.41) is 10.7. The Kier molecular flexibility index (Phi) is 8.74. The molecule has 1 atom stereocenters. The molecule has 0 amide bonds. The predicted molar refractivity (Wildman–Crippen MR) is 102 cm³/mol. The second-order valence-electron chi connectivity index (χ2n) is 4.86. The van der Waals surface area contributed by atoms with Crippen LogP contribution in [0.4, 0.5) is 5.69 Å².